The van der Waals surface area contributed by atoms with Crippen molar-refractivity contribution in [2.75, 3.05) is 13.7 Å². The summed E-state index contributed by atoms with van der Waals surface area (Å²) in [6.07, 6.45) is 3.03. The molecule has 0 N–H and O–H groups in total. The Morgan fingerprint density at radius 2 is 2.06 bits per heavy atom. The maximum absolute atomic E-state index is 6.17. The molecular weight excluding hydrogens is 228 g/mol. The number of rotatable bonds is 8. The highest BCUT2D eigenvalue weighted by atomic mass is 28.3. The Bertz CT molecular complexity index is 339. The van der Waals surface area contributed by atoms with Gasteiger partial charge in [-0.2, -0.15) is 0 Å². The van der Waals surface area contributed by atoms with Crippen LogP contribution < -0.4 is 4.43 Å². The van der Waals surface area contributed by atoms with Gasteiger partial charge in [-0.1, -0.05) is 44.2 Å². The Hall–Kier alpha value is -1.06. The van der Waals surface area contributed by atoms with Gasteiger partial charge in [0.25, 0.3) is 0 Å². The predicted octanol–water partition coefficient (Wildman–Crippen LogP) is 3.49. The van der Waals surface area contributed by atoms with Crippen molar-refractivity contribution in [1.29, 1.82) is 0 Å². The molecule has 0 aliphatic heterocycles. The summed E-state index contributed by atoms with van der Waals surface area (Å²) >= 11 is 0. The van der Waals surface area contributed by atoms with E-state index in [9.17, 15) is 0 Å². The van der Waals surface area contributed by atoms with Gasteiger partial charge in [0.15, 0.2) is 0 Å². The van der Waals surface area contributed by atoms with Gasteiger partial charge < -0.3 is 9.16 Å². The van der Waals surface area contributed by atoms with Crippen LogP contribution in [0.2, 0.25) is 12.1 Å². The minimum Gasteiger partial charge on any atom is -0.546 e. The molecule has 0 aromatic heterocycles. The Morgan fingerprint density at radius 3 is 2.71 bits per heavy atom. The van der Waals surface area contributed by atoms with Crippen LogP contribution in [0.15, 0.2) is 30.8 Å². The van der Waals surface area contributed by atoms with Crippen molar-refractivity contribution in [1.82, 2.24) is 0 Å². The monoisotopic (exact) mass is 250 g/mol. The quantitative estimate of drug-likeness (QED) is 0.658. The molecule has 0 saturated carbocycles. The van der Waals surface area contributed by atoms with E-state index < -0.39 is 9.04 Å². The van der Waals surface area contributed by atoms with Crippen LogP contribution in [0.4, 0.5) is 0 Å². The molecule has 1 aromatic rings. The van der Waals surface area contributed by atoms with Crippen LogP contribution >= 0.6 is 0 Å². The van der Waals surface area contributed by atoms with Gasteiger partial charge in [-0.25, -0.2) is 0 Å². The summed E-state index contributed by atoms with van der Waals surface area (Å²) in [7, 11) is 0.552. The molecule has 3 heteroatoms. The van der Waals surface area contributed by atoms with Gasteiger partial charge in [0.05, 0.1) is 0 Å². The van der Waals surface area contributed by atoms with E-state index in [1.54, 1.807) is 7.11 Å². The topological polar surface area (TPSA) is 18.5 Å². The molecule has 0 aliphatic rings. The maximum Gasteiger partial charge on any atom is 0.237 e. The molecule has 1 atom stereocenters. The van der Waals surface area contributed by atoms with Crippen LogP contribution in [0.25, 0.3) is 6.08 Å². The highest BCUT2D eigenvalue weighted by Crippen LogP contribution is 2.21. The van der Waals surface area contributed by atoms with E-state index in [0.717, 1.165) is 24.0 Å². The maximum atomic E-state index is 6.17. The highest BCUT2D eigenvalue weighted by molar-refractivity contribution is 6.52. The molecule has 17 heavy (non-hydrogen) atoms. The van der Waals surface area contributed by atoms with Crippen LogP contribution in [-0.4, -0.2) is 22.8 Å². The van der Waals surface area contributed by atoms with Crippen LogP contribution in [0.5, 0.6) is 5.75 Å². The van der Waals surface area contributed by atoms with E-state index in [1.165, 1.54) is 12.5 Å². The molecule has 0 amide bonds. The van der Waals surface area contributed by atoms with E-state index in [0.29, 0.717) is 0 Å². The van der Waals surface area contributed by atoms with Gasteiger partial charge in [-0.05, 0) is 18.2 Å². The lowest BCUT2D eigenvalue weighted by molar-refractivity contribution is 0.212. The average Bonchev–Trinajstić information content (AvgIpc) is 2.37. The SMILES string of the molecule is C=Cc1ccccc1O[SiH](CCC)CCOC. The fraction of sp³-hybridized carbons (Fsp3) is 0.429. The van der Waals surface area contributed by atoms with E-state index in [-0.39, 0.29) is 0 Å². The van der Waals surface area contributed by atoms with Crippen LogP contribution in [0.3, 0.4) is 0 Å². The van der Waals surface area contributed by atoms with Gasteiger partial charge in [0.2, 0.25) is 9.04 Å². The van der Waals surface area contributed by atoms with E-state index >= 15 is 0 Å². The Balaban J connectivity index is 2.67. The zero-order chi connectivity index (χ0) is 12.5. The minimum absolute atomic E-state index is 0.799. The van der Waals surface area contributed by atoms with Gasteiger partial charge in [0.1, 0.15) is 5.75 Å². The number of para-hydroxylation sites is 1. The lowest BCUT2D eigenvalue weighted by Crippen LogP contribution is -2.23. The predicted molar refractivity (Wildman–Crippen MR) is 76.1 cm³/mol. The third-order valence-corrected chi connectivity index (χ3v) is 5.38. The lowest BCUT2D eigenvalue weighted by Gasteiger charge is -2.18. The van der Waals surface area contributed by atoms with Crippen LogP contribution in [-0.2, 0) is 4.74 Å². The molecule has 0 bridgehead atoms. The second-order valence-electron chi connectivity index (χ2n) is 4.05. The molecule has 2 nitrogen and oxygen atoms in total. The first-order valence-corrected chi connectivity index (χ1v) is 8.29. The van der Waals surface area contributed by atoms with E-state index in [2.05, 4.69) is 13.5 Å². The lowest BCUT2D eigenvalue weighted by atomic mass is 10.2. The Labute approximate surface area is 106 Å². The van der Waals surface area contributed by atoms with E-state index in [1.807, 2.05) is 30.3 Å². The van der Waals surface area contributed by atoms with Gasteiger partial charge in [-0.15, -0.1) is 0 Å². The van der Waals surface area contributed by atoms with E-state index in [4.69, 9.17) is 9.16 Å². The molecule has 94 valence electrons. The second kappa shape index (κ2) is 8.09. The standard InChI is InChI=1S/C14H22O2Si/c1-4-11-17(12-10-15-3)16-14-9-7-6-8-13(14)5-2/h5-9,17H,2,4,10-12H2,1,3H3. The van der Waals surface area contributed by atoms with Crippen LogP contribution in [0, 0.1) is 0 Å². The molecule has 0 fully saturated rings. The number of hydrogen-bond donors (Lipinski definition) is 0. The molecule has 0 spiro atoms. The number of ether oxygens (including phenoxy) is 1. The second-order valence-corrected chi connectivity index (χ2v) is 6.69. The van der Waals surface area contributed by atoms with Crippen molar-refractivity contribution in [3.8, 4) is 5.75 Å². The zero-order valence-electron chi connectivity index (χ0n) is 10.8. The third-order valence-electron chi connectivity index (χ3n) is 2.69. The molecule has 1 rings (SSSR count). The minimum atomic E-state index is -1.19. The largest absolute Gasteiger partial charge is 0.546 e. The summed E-state index contributed by atoms with van der Waals surface area (Å²) in [5, 5.41) is 0. The molecular formula is C14H22O2Si. The zero-order valence-corrected chi connectivity index (χ0v) is 12.0. The summed E-state index contributed by atoms with van der Waals surface area (Å²) in [5.74, 6) is 0.976. The summed E-state index contributed by atoms with van der Waals surface area (Å²) in [6, 6.07) is 10.3. The fourth-order valence-corrected chi connectivity index (χ4v) is 4.01. The molecule has 1 aromatic carbocycles. The van der Waals surface area contributed by atoms with Gasteiger partial charge in [-0.3, -0.25) is 0 Å². The molecule has 1 unspecified atom stereocenters. The Kier molecular flexibility index (Phi) is 6.66. The summed E-state index contributed by atoms with van der Waals surface area (Å²) in [6.45, 7) is 6.82. The number of hydrogen-bond acceptors (Lipinski definition) is 2. The summed E-state index contributed by atoms with van der Waals surface area (Å²) < 4.78 is 11.3. The molecule has 0 aliphatic carbocycles. The third kappa shape index (κ3) is 4.75. The number of benzene rings is 1. The first-order chi connectivity index (χ1) is 8.31. The highest BCUT2D eigenvalue weighted by Gasteiger charge is 2.13. The number of methoxy groups -OCH3 is 1. The van der Waals surface area contributed by atoms with Crippen molar-refractivity contribution in [2.24, 2.45) is 0 Å². The fourth-order valence-electron chi connectivity index (χ4n) is 1.77. The van der Waals surface area contributed by atoms with Gasteiger partial charge >= 0.3 is 0 Å². The van der Waals surface area contributed by atoms with Crippen molar-refractivity contribution in [3.63, 3.8) is 0 Å². The molecule has 0 saturated heterocycles. The molecule has 0 radical (unpaired) electrons. The Morgan fingerprint density at radius 1 is 1.29 bits per heavy atom. The summed E-state index contributed by atoms with van der Waals surface area (Å²) in [4.78, 5) is 0. The van der Waals surface area contributed by atoms with Crippen molar-refractivity contribution < 1.29 is 9.16 Å². The summed E-state index contributed by atoms with van der Waals surface area (Å²) in [5.41, 5.74) is 1.08. The average molecular weight is 250 g/mol. The smallest absolute Gasteiger partial charge is 0.237 e. The first kappa shape index (κ1) is 14.0. The van der Waals surface area contributed by atoms with Crippen molar-refractivity contribution >= 4 is 15.1 Å². The van der Waals surface area contributed by atoms with Gasteiger partial charge in [0, 0.05) is 19.3 Å². The first-order valence-electron chi connectivity index (χ1n) is 6.18. The molecule has 0 heterocycles. The van der Waals surface area contributed by atoms with Crippen LogP contribution in [0.1, 0.15) is 18.9 Å². The van der Waals surface area contributed by atoms with Crippen molar-refractivity contribution in [3.05, 3.63) is 36.4 Å². The normalized spacial score (nSPS) is 12.1. The van der Waals surface area contributed by atoms with Crippen molar-refractivity contribution in [2.45, 2.75) is 25.4 Å².